The van der Waals surface area contributed by atoms with E-state index in [2.05, 4.69) is 10.5 Å². The molecule has 0 atom stereocenters. The second-order valence-corrected chi connectivity index (χ2v) is 4.64. The number of hydrogen-bond acceptors (Lipinski definition) is 4. The SMILES string of the molecule is COc1ccccc1/C=N/NC(=O)COc1cccc(C)c1. The molecule has 0 radical (unpaired) electrons. The molecule has 114 valence electrons. The van der Waals surface area contributed by atoms with E-state index in [0.717, 1.165) is 11.1 Å². The number of amides is 1. The van der Waals surface area contributed by atoms with Gasteiger partial charge < -0.3 is 9.47 Å². The molecule has 2 rings (SSSR count). The van der Waals surface area contributed by atoms with Crippen LogP contribution in [0, 0.1) is 6.92 Å². The van der Waals surface area contributed by atoms with Gasteiger partial charge in [0.05, 0.1) is 13.3 Å². The van der Waals surface area contributed by atoms with Gasteiger partial charge in [0.2, 0.25) is 0 Å². The van der Waals surface area contributed by atoms with Crippen molar-refractivity contribution >= 4 is 12.1 Å². The predicted octanol–water partition coefficient (Wildman–Crippen LogP) is 2.53. The molecule has 0 heterocycles. The van der Waals surface area contributed by atoms with Crippen molar-refractivity contribution in [2.75, 3.05) is 13.7 Å². The van der Waals surface area contributed by atoms with Gasteiger partial charge in [0.15, 0.2) is 6.61 Å². The Labute approximate surface area is 129 Å². The van der Waals surface area contributed by atoms with Gasteiger partial charge in [-0.1, -0.05) is 24.3 Å². The molecule has 0 bridgehead atoms. The van der Waals surface area contributed by atoms with Crippen LogP contribution in [0.15, 0.2) is 53.6 Å². The third kappa shape index (κ3) is 4.63. The lowest BCUT2D eigenvalue weighted by Crippen LogP contribution is -2.24. The van der Waals surface area contributed by atoms with Crippen LogP contribution in [0.1, 0.15) is 11.1 Å². The monoisotopic (exact) mass is 298 g/mol. The second-order valence-electron chi connectivity index (χ2n) is 4.64. The van der Waals surface area contributed by atoms with Crippen LogP contribution < -0.4 is 14.9 Å². The summed E-state index contributed by atoms with van der Waals surface area (Å²) >= 11 is 0. The van der Waals surface area contributed by atoms with E-state index in [0.29, 0.717) is 11.5 Å². The molecular formula is C17H18N2O3. The number of hydrazone groups is 1. The van der Waals surface area contributed by atoms with Gasteiger partial charge in [0, 0.05) is 5.56 Å². The number of ether oxygens (including phenoxy) is 2. The van der Waals surface area contributed by atoms with Crippen LogP contribution in [-0.2, 0) is 4.79 Å². The third-order valence-electron chi connectivity index (χ3n) is 2.89. The van der Waals surface area contributed by atoms with Crippen molar-refractivity contribution in [3.8, 4) is 11.5 Å². The van der Waals surface area contributed by atoms with E-state index in [1.807, 2.05) is 49.4 Å². The second kappa shape index (κ2) is 7.83. The number of methoxy groups -OCH3 is 1. The van der Waals surface area contributed by atoms with Crippen molar-refractivity contribution in [1.82, 2.24) is 5.43 Å². The van der Waals surface area contributed by atoms with E-state index in [4.69, 9.17) is 9.47 Å². The zero-order valence-electron chi connectivity index (χ0n) is 12.6. The fourth-order valence-electron chi connectivity index (χ4n) is 1.83. The summed E-state index contributed by atoms with van der Waals surface area (Å²) in [6, 6.07) is 14.9. The lowest BCUT2D eigenvalue weighted by atomic mass is 10.2. The number of para-hydroxylation sites is 1. The van der Waals surface area contributed by atoms with Crippen molar-refractivity contribution in [3.63, 3.8) is 0 Å². The number of carbonyl (C=O) groups excluding carboxylic acids is 1. The Balaban J connectivity index is 1.83. The number of rotatable bonds is 6. The molecule has 1 amide bonds. The molecule has 0 spiro atoms. The highest BCUT2D eigenvalue weighted by Gasteiger charge is 2.02. The molecule has 0 aliphatic heterocycles. The first-order valence-corrected chi connectivity index (χ1v) is 6.83. The van der Waals surface area contributed by atoms with Gasteiger partial charge >= 0.3 is 0 Å². The molecule has 1 N–H and O–H groups in total. The van der Waals surface area contributed by atoms with Gasteiger partial charge in [-0.25, -0.2) is 5.43 Å². The summed E-state index contributed by atoms with van der Waals surface area (Å²) in [7, 11) is 1.58. The minimum atomic E-state index is -0.326. The topological polar surface area (TPSA) is 59.9 Å². The molecule has 5 heteroatoms. The minimum absolute atomic E-state index is 0.0906. The maximum Gasteiger partial charge on any atom is 0.277 e. The van der Waals surface area contributed by atoms with Gasteiger partial charge in [-0.2, -0.15) is 5.10 Å². The van der Waals surface area contributed by atoms with Crippen LogP contribution in [-0.4, -0.2) is 25.8 Å². The molecular weight excluding hydrogens is 280 g/mol. The van der Waals surface area contributed by atoms with Crippen molar-refractivity contribution in [2.24, 2.45) is 5.10 Å². The number of aryl methyl sites for hydroxylation is 1. The molecule has 0 unspecified atom stereocenters. The normalized spacial score (nSPS) is 10.5. The van der Waals surface area contributed by atoms with Crippen molar-refractivity contribution < 1.29 is 14.3 Å². The van der Waals surface area contributed by atoms with E-state index in [1.165, 1.54) is 6.21 Å². The molecule has 2 aromatic rings. The highest BCUT2D eigenvalue weighted by atomic mass is 16.5. The van der Waals surface area contributed by atoms with Gasteiger partial charge in [-0.05, 0) is 36.8 Å². The van der Waals surface area contributed by atoms with E-state index < -0.39 is 0 Å². The van der Waals surface area contributed by atoms with Crippen LogP contribution >= 0.6 is 0 Å². The van der Waals surface area contributed by atoms with Gasteiger partial charge in [0.25, 0.3) is 5.91 Å². The maximum absolute atomic E-state index is 11.7. The summed E-state index contributed by atoms with van der Waals surface area (Å²) in [5, 5.41) is 3.90. The molecule has 22 heavy (non-hydrogen) atoms. The van der Waals surface area contributed by atoms with Crippen LogP contribution in [0.5, 0.6) is 11.5 Å². The number of benzene rings is 2. The molecule has 0 saturated carbocycles. The Kier molecular flexibility index (Phi) is 5.54. The summed E-state index contributed by atoms with van der Waals surface area (Å²) in [6.45, 7) is 1.87. The average molecular weight is 298 g/mol. The van der Waals surface area contributed by atoms with E-state index in [-0.39, 0.29) is 12.5 Å². The van der Waals surface area contributed by atoms with Crippen molar-refractivity contribution in [1.29, 1.82) is 0 Å². The average Bonchev–Trinajstić information content (AvgIpc) is 2.53. The lowest BCUT2D eigenvalue weighted by Gasteiger charge is -2.06. The Hall–Kier alpha value is -2.82. The summed E-state index contributed by atoms with van der Waals surface area (Å²) in [5.74, 6) is 1.02. The van der Waals surface area contributed by atoms with Crippen LogP contribution in [0.3, 0.4) is 0 Å². The number of carbonyl (C=O) groups is 1. The quantitative estimate of drug-likeness (QED) is 0.658. The number of hydrogen-bond donors (Lipinski definition) is 1. The summed E-state index contributed by atoms with van der Waals surface area (Å²) < 4.78 is 10.6. The molecule has 0 aliphatic rings. The Bertz CT molecular complexity index is 668. The molecule has 0 fully saturated rings. The largest absolute Gasteiger partial charge is 0.496 e. The Morgan fingerprint density at radius 3 is 2.82 bits per heavy atom. The van der Waals surface area contributed by atoms with Gasteiger partial charge in [-0.15, -0.1) is 0 Å². The van der Waals surface area contributed by atoms with Gasteiger partial charge in [-0.3, -0.25) is 4.79 Å². The highest BCUT2D eigenvalue weighted by molar-refractivity contribution is 5.85. The van der Waals surface area contributed by atoms with Crippen molar-refractivity contribution in [3.05, 3.63) is 59.7 Å². The predicted molar refractivity (Wildman–Crippen MR) is 85.4 cm³/mol. The first kappa shape index (κ1) is 15.6. The zero-order valence-corrected chi connectivity index (χ0v) is 12.6. The molecule has 2 aromatic carbocycles. The number of nitrogens with one attached hydrogen (secondary N) is 1. The van der Waals surface area contributed by atoms with E-state index in [9.17, 15) is 4.79 Å². The standard InChI is InChI=1S/C17H18N2O3/c1-13-6-5-8-15(10-13)22-12-17(20)19-18-11-14-7-3-4-9-16(14)21-2/h3-11H,12H2,1-2H3,(H,19,20)/b18-11+. The third-order valence-corrected chi connectivity index (χ3v) is 2.89. The first-order valence-electron chi connectivity index (χ1n) is 6.83. The molecule has 0 aromatic heterocycles. The fraction of sp³-hybridized carbons (Fsp3) is 0.176. The highest BCUT2D eigenvalue weighted by Crippen LogP contribution is 2.14. The van der Waals surface area contributed by atoms with E-state index in [1.54, 1.807) is 13.2 Å². The number of nitrogens with zero attached hydrogens (tertiary/aromatic N) is 1. The lowest BCUT2D eigenvalue weighted by molar-refractivity contribution is -0.123. The summed E-state index contributed by atoms with van der Waals surface area (Å²) in [4.78, 5) is 11.7. The fourth-order valence-corrected chi connectivity index (χ4v) is 1.83. The first-order chi connectivity index (χ1) is 10.7. The molecule has 0 saturated heterocycles. The Morgan fingerprint density at radius 1 is 1.23 bits per heavy atom. The van der Waals surface area contributed by atoms with Crippen LogP contribution in [0.4, 0.5) is 0 Å². The summed E-state index contributed by atoms with van der Waals surface area (Å²) in [6.07, 6.45) is 1.53. The van der Waals surface area contributed by atoms with Crippen LogP contribution in [0.25, 0.3) is 0 Å². The zero-order chi connectivity index (χ0) is 15.8. The van der Waals surface area contributed by atoms with Crippen LogP contribution in [0.2, 0.25) is 0 Å². The smallest absolute Gasteiger partial charge is 0.277 e. The maximum atomic E-state index is 11.7. The van der Waals surface area contributed by atoms with Gasteiger partial charge in [0.1, 0.15) is 11.5 Å². The molecule has 5 nitrogen and oxygen atoms in total. The van der Waals surface area contributed by atoms with Crippen molar-refractivity contribution in [2.45, 2.75) is 6.92 Å². The molecule has 0 aliphatic carbocycles. The van der Waals surface area contributed by atoms with E-state index >= 15 is 0 Å². The summed E-state index contributed by atoms with van der Waals surface area (Å²) in [5.41, 5.74) is 4.28. The minimum Gasteiger partial charge on any atom is -0.496 e. The Morgan fingerprint density at radius 2 is 2.05 bits per heavy atom.